The first-order valence-electron chi connectivity index (χ1n) is 14.0. The number of thiophene rings is 1. The highest BCUT2D eigenvalue weighted by atomic mass is 35.5. The second kappa shape index (κ2) is 12.7. The molecular weight excluding hydrogens is 631 g/mol. The smallest absolute Gasteiger partial charge is 0.355 e. The summed E-state index contributed by atoms with van der Waals surface area (Å²) in [5, 5.41) is 11.9. The Balaban J connectivity index is 1.29. The molecule has 0 bridgehead atoms. The van der Waals surface area contributed by atoms with E-state index in [0.29, 0.717) is 50.9 Å². The quantitative estimate of drug-likeness (QED) is 0.131. The lowest BCUT2D eigenvalue weighted by atomic mass is 9.83. The number of benzene rings is 4. The first-order valence-corrected chi connectivity index (χ1v) is 15.6. The number of ether oxygens (including phenoxy) is 4. The van der Waals surface area contributed by atoms with E-state index < -0.39 is 11.9 Å². The molecule has 2 N–H and O–H groups in total. The van der Waals surface area contributed by atoms with Gasteiger partial charge in [0.2, 0.25) is 5.88 Å². The molecule has 1 unspecified atom stereocenters. The summed E-state index contributed by atoms with van der Waals surface area (Å²) in [6.45, 7) is 4.59. The van der Waals surface area contributed by atoms with Crippen molar-refractivity contribution in [3.63, 3.8) is 0 Å². The Hall–Kier alpha value is -4.68. The predicted octanol–water partition coefficient (Wildman–Crippen LogP) is 8.93. The number of aryl methyl sites for hydroxylation is 1. The molecule has 1 aromatic heterocycles. The van der Waals surface area contributed by atoms with Gasteiger partial charge in [-0.15, -0.1) is 11.3 Å². The third kappa shape index (κ3) is 6.16. The number of halogens is 2. The van der Waals surface area contributed by atoms with Gasteiger partial charge in [0, 0.05) is 26.7 Å². The number of esters is 1. The predicted molar refractivity (Wildman–Crippen MR) is 176 cm³/mol. The average Bonchev–Trinajstić information content (AvgIpc) is 3.35. The van der Waals surface area contributed by atoms with Crippen molar-refractivity contribution in [3.8, 4) is 29.1 Å². The normalized spacial score (nSPS) is 14.0. The third-order valence-electron chi connectivity index (χ3n) is 7.28. The van der Waals surface area contributed by atoms with Gasteiger partial charge in [0.25, 0.3) is 0 Å². The maximum Gasteiger partial charge on any atom is 0.355 e. The van der Waals surface area contributed by atoms with Crippen LogP contribution in [0.5, 0.6) is 23.0 Å². The number of nitriles is 1. The molecule has 4 aromatic carbocycles. The first kappa shape index (κ1) is 30.4. The Bertz CT molecular complexity index is 2010. The fourth-order valence-corrected chi connectivity index (χ4v) is 6.74. The summed E-state index contributed by atoms with van der Waals surface area (Å²) in [6.07, 6.45) is 0. The second-order valence-corrected chi connectivity index (χ2v) is 12.2. The minimum Gasteiger partial charge on any atom is -0.490 e. The molecule has 0 aliphatic carbocycles. The van der Waals surface area contributed by atoms with Crippen LogP contribution in [0.1, 0.15) is 44.8 Å². The van der Waals surface area contributed by atoms with E-state index in [-0.39, 0.29) is 17.2 Å². The zero-order valence-corrected chi connectivity index (χ0v) is 26.6. The number of allylic oxidation sites excluding steroid dienone is 1. The highest BCUT2D eigenvalue weighted by molar-refractivity contribution is 7.21. The van der Waals surface area contributed by atoms with Crippen LogP contribution in [0.15, 0.2) is 90.3 Å². The van der Waals surface area contributed by atoms with Crippen molar-refractivity contribution >= 4 is 50.6 Å². The van der Waals surface area contributed by atoms with Crippen LogP contribution in [-0.2, 0) is 6.61 Å². The number of hydrogen-bond acceptors (Lipinski definition) is 8. The lowest BCUT2D eigenvalue weighted by Gasteiger charge is -2.27. The van der Waals surface area contributed by atoms with Gasteiger partial charge in [-0.25, -0.2) is 4.79 Å². The molecule has 45 heavy (non-hydrogen) atoms. The number of carbonyl (C=O) groups excluding carboxylic acids is 1. The lowest BCUT2D eigenvalue weighted by molar-refractivity contribution is 0.0740. The molecule has 0 spiro atoms. The Morgan fingerprint density at radius 3 is 2.56 bits per heavy atom. The van der Waals surface area contributed by atoms with Crippen molar-refractivity contribution in [1.29, 1.82) is 5.26 Å². The highest BCUT2D eigenvalue weighted by Crippen LogP contribution is 2.45. The Morgan fingerprint density at radius 2 is 1.80 bits per heavy atom. The van der Waals surface area contributed by atoms with E-state index in [1.165, 1.54) is 11.3 Å². The van der Waals surface area contributed by atoms with E-state index in [4.69, 9.17) is 47.9 Å². The van der Waals surface area contributed by atoms with Crippen molar-refractivity contribution in [1.82, 2.24) is 0 Å². The summed E-state index contributed by atoms with van der Waals surface area (Å²) in [5.74, 6) is 0.500. The molecule has 7 nitrogen and oxygen atoms in total. The standard InChI is InChI=1S/C35H26Cl2N2O5S/c1-3-41-29-15-21(7-13-27(29)42-18-20-5-8-22(36)9-6-20)31-24-12-10-23(16-28(24)44-34(39)26(31)17-38)43-35(40)33-32(37)25-11-4-19(2)14-30(25)45-33/h4-16,31H,3,18,39H2,1-2H3. The zero-order chi connectivity index (χ0) is 31.7. The van der Waals surface area contributed by atoms with Gasteiger partial charge >= 0.3 is 5.97 Å². The first-order chi connectivity index (χ1) is 21.7. The fraction of sp³-hybridized carbons (Fsp3) is 0.143. The van der Waals surface area contributed by atoms with Gasteiger partial charge < -0.3 is 24.7 Å². The number of rotatable bonds is 8. The van der Waals surface area contributed by atoms with Crippen LogP contribution in [0, 0.1) is 18.3 Å². The van der Waals surface area contributed by atoms with E-state index in [0.717, 1.165) is 26.8 Å². The van der Waals surface area contributed by atoms with Gasteiger partial charge in [-0.2, -0.15) is 5.26 Å². The Morgan fingerprint density at radius 1 is 1.00 bits per heavy atom. The Labute approximate surface area is 273 Å². The molecule has 1 aliphatic heterocycles. The molecule has 1 aliphatic rings. The summed E-state index contributed by atoms with van der Waals surface area (Å²) in [7, 11) is 0. The van der Waals surface area contributed by atoms with Gasteiger partial charge in [0.05, 0.1) is 17.5 Å². The second-order valence-electron chi connectivity index (χ2n) is 10.3. The van der Waals surface area contributed by atoms with Crippen LogP contribution in [0.25, 0.3) is 10.1 Å². The molecular formula is C35H26Cl2N2O5S. The van der Waals surface area contributed by atoms with Crippen LogP contribution < -0.4 is 24.7 Å². The summed E-state index contributed by atoms with van der Waals surface area (Å²) >= 11 is 13.8. The molecule has 0 amide bonds. The van der Waals surface area contributed by atoms with Crippen LogP contribution in [0.2, 0.25) is 10.0 Å². The van der Waals surface area contributed by atoms with Crippen LogP contribution >= 0.6 is 34.5 Å². The molecule has 1 atom stereocenters. The van der Waals surface area contributed by atoms with E-state index in [9.17, 15) is 10.1 Å². The molecule has 0 saturated carbocycles. The Kier molecular flexibility index (Phi) is 8.59. The van der Waals surface area contributed by atoms with Crippen LogP contribution in [0.4, 0.5) is 0 Å². The van der Waals surface area contributed by atoms with Crippen LogP contribution in [0.3, 0.4) is 0 Å². The number of fused-ring (bicyclic) bond motifs is 2. The van der Waals surface area contributed by atoms with Crippen molar-refractivity contribution in [2.75, 3.05) is 6.61 Å². The largest absolute Gasteiger partial charge is 0.490 e. The number of nitrogens with zero attached hydrogens (tertiary/aromatic N) is 1. The maximum absolute atomic E-state index is 13.1. The fourth-order valence-electron chi connectivity index (χ4n) is 5.13. The molecule has 2 heterocycles. The number of hydrogen-bond donors (Lipinski definition) is 1. The van der Waals surface area contributed by atoms with E-state index >= 15 is 0 Å². The van der Waals surface area contributed by atoms with Gasteiger partial charge in [0.1, 0.15) is 34.6 Å². The summed E-state index contributed by atoms with van der Waals surface area (Å²) in [5.41, 5.74) is 9.93. The summed E-state index contributed by atoms with van der Waals surface area (Å²) in [6, 6.07) is 25.9. The lowest BCUT2D eigenvalue weighted by Crippen LogP contribution is -2.21. The third-order valence-corrected chi connectivity index (χ3v) is 9.17. The molecule has 0 saturated heterocycles. The number of carbonyl (C=O) groups is 1. The monoisotopic (exact) mass is 656 g/mol. The summed E-state index contributed by atoms with van der Waals surface area (Å²) < 4.78 is 24.5. The molecule has 10 heteroatoms. The minimum atomic E-state index is -0.581. The average molecular weight is 658 g/mol. The number of nitrogens with two attached hydrogens (primary N) is 1. The summed E-state index contributed by atoms with van der Waals surface area (Å²) in [4.78, 5) is 13.5. The van der Waals surface area contributed by atoms with E-state index in [2.05, 4.69) is 6.07 Å². The van der Waals surface area contributed by atoms with Gasteiger partial charge in [-0.1, -0.05) is 59.6 Å². The molecule has 5 aromatic rings. The van der Waals surface area contributed by atoms with E-state index in [1.807, 2.05) is 74.5 Å². The van der Waals surface area contributed by atoms with Gasteiger partial charge in [-0.05, 0) is 66.9 Å². The maximum atomic E-state index is 13.1. The van der Waals surface area contributed by atoms with Crippen molar-refractivity contribution in [3.05, 3.63) is 127 Å². The SMILES string of the molecule is CCOc1cc(C2C(C#N)=C(N)Oc3cc(OC(=O)c4sc5cc(C)ccc5c4Cl)ccc32)ccc1OCc1ccc(Cl)cc1. The zero-order valence-electron chi connectivity index (χ0n) is 24.2. The molecule has 0 radical (unpaired) electrons. The van der Waals surface area contributed by atoms with Crippen molar-refractivity contribution in [2.24, 2.45) is 5.73 Å². The van der Waals surface area contributed by atoms with Gasteiger partial charge in [-0.3, -0.25) is 0 Å². The minimum absolute atomic E-state index is 0.0394. The van der Waals surface area contributed by atoms with Crippen molar-refractivity contribution < 1.29 is 23.7 Å². The van der Waals surface area contributed by atoms with Gasteiger partial charge in [0.15, 0.2) is 11.5 Å². The van der Waals surface area contributed by atoms with Crippen molar-refractivity contribution in [2.45, 2.75) is 26.4 Å². The van der Waals surface area contributed by atoms with Crippen LogP contribution in [-0.4, -0.2) is 12.6 Å². The molecule has 226 valence electrons. The molecule has 0 fully saturated rings. The van der Waals surface area contributed by atoms with E-state index in [1.54, 1.807) is 18.2 Å². The topological polar surface area (TPSA) is 104 Å². The highest BCUT2D eigenvalue weighted by Gasteiger charge is 2.32. The molecule has 6 rings (SSSR count).